The maximum atomic E-state index is 12.4. The van der Waals surface area contributed by atoms with E-state index in [1.807, 2.05) is 24.3 Å². The van der Waals surface area contributed by atoms with Crippen LogP contribution in [0.2, 0.25) is 0 Å². The Morgan fingerprint density at radius 3 is 2.26 bits per heavy atom. The van der Waals surface area contributed by atoms with Gasteiger partial charge < -0.3 is 20.1 Å². The molecule has 2 aromatic rings. The van der Waals surface area contributed by atoms with Gasteiger partial charge in [0, 0.05) is 25.4 Å². The zero-order valence-corrected chi connectivity index (χ0v) is 17.6. The average Bonchev–Trinajstić information content (AvgIpc) is 3.49. The molecule has 2 N–H and O–H groups in total. The fraction of sp³-hybridized carbons (Fsp3) is 0.375. The van der Waals surface area contributed by atoms with E-state index in [0.717, 1.165) is 11.1 Å². The molecule has 1 fully saturated rings. The highest BCUT2D eigenvalue weighted by atomic mass is 16.5. The summed E-state index contributed by atoms with van der Waals surface area (Å²) < 4.78 is 5.51. The van der Waals surface area contributed by atoms with E-state index < -0.39 is 18.1 Å². The van der Waals surface area contributed by atoms with E-state index in [1.165, 1.54) is 30.0 Å². The third kappa shape index (κ3) is 4.13. The van der Waals surface area contributed by atoms with Gasteiger partial charge in [-0.1, -0.05) is 48.5 Å². The molecule has 0 heterocycles. The number of carbonyl (C=O) groups excluding carboxylic acids is 2. The number of aliphatic carboxylic acids is 1. The van der Waals surface area contributed by atoms with Gasteiger partial charge in [-0.3, -0.25) is 4.79 Å². The number of benzene rings is 2. The van der Waals surface area contributed by atoms with Crippen LogP contribution in [-0.2, 0) is 14.3 Å². The number of alkyl carbamates (subject to hydrolysis) is 1. The van der Waals surface area contributed by atoms with Gasteiger partial charge >= 0.3 is 12.1 Å². The van der Waals surface area contributed by atoms with Gasteiger partial charge in [0.2, 0.25) is 5.91 Å². The quantitative estimate of drug-likeness (QED) is 0.715. The maximum Gasteiger partial charge on any atom is 0.407 e. The normalized spacial score (nSPS) is 19.7. The molecule has 0 unspecified atom stereocenters. The molecular weight excluding hydrogens is 396 g/mol. The molecule has 2 aliphatic carbocycles. The van der Waals surface area contributed by atoms with E-state index in [9.17, 15) is 14.4 Å². The van der Waals surface area contributed by atoms with E-state index in [-0.39, 0.29) is 30.3 Å². The Balaban J connectivity index is 1.28. The Morgan fingerprint density at radius 1 is 1.10 bits per heavy atom. The van der Waals surface area contributed by atoms with Crippen LogP contribution in [0.1, 0.15) is 30.4 Å². The van der Waals surface area contributed by atoms with Gasteiger partial charge in [0.25, 0.3) is 0 Å². The van der Waals surface area contributed by atoms with Crippen LogP contribution in [-0.4, -0.2) is 54.2 Å². The van der Waals surface area contributed by atoms with E-state index in [1.54, 1.807) is 0 Å². The molecule has 7 heteroatoms. The van der Waals surface area contributed by atoms with Gasteiger partial charge in [-0.25, -0.2) is 9.59 Å². The topological polar surface area (TPSA) is 95.9 Å². The van der Waals surface area contributed by atoms with Gasteiger partial charge in [0.1, 0.15) is 12.6 Å². The summed E-state index contributed by atoms with van der Waals surface area (Å²) in [7, 11) is 1.50. The molecule has 2 amide bonds. The smallest absolute Gasteiger partial charge is 0.407 e. The third-order valence-electron chi connectivity index (χ3n) is 6.38. The number of nitrogens with one attached hydrogen (secondary N) is 1. The highest BCUT2D eigenvalue weighted by Gasteiger charge is 2.45. The van der Waals surface area contributed by atoms with Gasteiger partial charge in [-0.2, -0.15) is 0 Å². The number of carboxylic acid groups (broad SMARTS) is 1. The standard InChI is InChI=1S/C24H26N2O5/c1-14(23(28)29)26(2)22(27)20-11-15(20)12-25-24(30)31-13-21-18-9-5-3-7-16(18)17-8-4-6-10-19(17)21/h3-10,14-15,20-21H,11-13H2,1-2H3,(H,25,30)(H,28,29)/t14-,15+,20+/m0/s1. The number of fused-ring (bicyclic) bond motifs is 3. The second kappa shape index (κ2) is 8.41. The van der Waals surface area contributed by atoms with Crippen LogP contribution in [0.4, 0.5) is 4.79 Å². The first-order valence-electron chi connectivity index (χ1n) is 10.5. The summed E-state index contributed by atoms with van der Waals surface area (Å²) in [5, 5.41) is 11.8. The molecule has 0 bridgehead atoms. The van der Waals surface area contributed by atoms with Crippen molar-refractivity contribution in [3.63, 3.8) is 0 Å². The SMILES string of the molecule is C[C@@H](C(=O)O)N(C)C(=O)[C@@H]1C[C@@H]1CNC(=O)OCC1c2ccccc2-c2ccccc21. The largest absolute Gasteiger partial charge is 0.480 e. The summed E-state index contributed by atoms with van der Waals surface area (Å²) in [4.78, 5) is 36.9. The number of likely N-dealkylation sites (N-methyl/N-ethyl adjacent to an activating group) is 1. The molecule has 0 aliphatic heterocycles. The van der Waals surface area contributed by atoms with Gasteiger partial charge in [0.15, 0.2) is 0 Å². The molecule has 0 radical (unpaired) electrons. The Morgan fingerprint density at radius 2 is 1.68 bits per heavy atom. The first kappa shape index (κ1) is 20.9. The molecule has 0 aromatic heterocycles. The minimum atomic E-state index is -1.04. The van der Waals surface area contributed by atoms with Crippen LogP contribution in [0.5, 0.6) is 0 Å². The minimum absolute atomic E-state index is 0.000410. The second-order valence-corrected chi connectivity index (χ2v) is 8.27. The average molecular weight is 422 g/mol. The Kier molecular flexibility index (Phi) is 5.67. The van der Waals surface area contributed by atoms with Crippen molar-refractivity contribution in [1.29, 1.82) is 0 Å². The molecule has 1 saturated carbocycles. The van der Waals surface area contributed by atoms with Crippen molar-refractivity contribution in [1.82, 2.24) is 10.2 Å². The zero-order chi connectivity index (χ0) is 22.1. The number of carboxylic acids is 1. The Hall–Kier alpha value is -3.35. The van der Waals surface area contributed by atoms with Crippen LogP contribution in [0.3, 0.4) is 0 Å². The lowest BCUT2D eigenvalue weighted by Gasteiger charge is -2.21. The van der Waals surface area contributed by atoms with Crippen LogP contribution in [0, 0.1) is 11.8 Å². The van der Waals surface area contributed by atoms with Crippen molar-refractivity contribution in [3.8, 4) is 11.1 Å². The number of hydrogen-bond acceptors (Lipinski definition) is 4. The van der Waals surface area contributed by atoms with Crippen LogP contribution in [0.25, 0.3) is 11.1 Å². The van der Waals surface area contributed by atoms with Crippen LogP contribution in [0.15, 0.2) is 48.5 Å². The van der Waals surface area contributed by atoms with Crippen molar-refractivity contribution in [2.75, 3.05) is 20.2 Å². The Bertz CT molecular complexity index is 975. The molecule has 2 aliphatic rings. The highest BCUT2D eigenvalue weighted by Crippen LogP contribution is 2.44. The predicted molar refractivity (Wildman–Crippen MR) is 115 cm³/mol. The van der Waals surface area contributed by atoms with Gasteiger partial charge in [-0.05, 0) is 41.5 Å². The number of amides is 2. The van der Waals surface area contributed by atoms with Crippen molar-refractivity contribution in [2.45, 2.75) is 25.3 Å². The summed E-state index contributed by atoms with van der Waals surface area (Å²) in [6.07, 6.45) is 0.131. The molecule has 0 spiro atoms. The van der Waals surface area contributed by atoms with Crippen LogP contribution < -0.4 is 5.32 Å². The van der Waals surface area contributed by atoms with Crippen molar-refractivity contribution in [3.05, 3.63) is 59.7 Å². The minimum Gasteiger partial charge on any atom is -0.480 e. The molecule has 162 valence electrons. The lowest BCUT2D eigenvalue weighted by molar-refractivity contribution is -0.148. The van der Waals surface area contributed by atoms with Crippen LogP contribution >= 0.6 is 0 Å². The second-order valence-electron chi connectivity index (χ2n) is 8.27. The van der Waals surface area contributed by atoms with Crippen molar-refractivity contribution in [2.24, 2.45) is 11.8 Å². The molecule has 4 rings (SSSR count). The van der Waals surface area contributed by atoms with Crippen molar-refractivity contribution < 1.29 is 24.2 Å². The lowest BCUT2D eigenvalue weighted by atomic mass is 9.98. The fourth-order valence-electron chi connectivity index (χ4n) is 4.26. The fourth-order valence-corrected chi connectivity index (χ4v) is 4.26. The first-order chi connectivity index (χ1) is 14.9. The summed E-state index contributed by atoms with van der Waals surface area (Å²) >= 11 is 0. The van der Waals surface area contributed by atoms with Gasteiger partial charge in [0.05, 0.1) is 0 Å². The van der Waals surface area contributed by atoms with E-state index in [0.29, 0.717) is 13.0 Å². The van der Waals surface area contributed by atoms with Crippen molar-refractivity contribution >= 4 is 18.0 Å². The number of hydrogen-bond donors (Lipinski definition) is 2. The highest BCUT2D eigenvalue weighted by molar-refractivity contribution is 5.86. The molecule has 31 heavy (non-hydrogen) atoms. The molecule has 2 aromatic carbocycles. The third-order valence-corrected chi connectivity index (χ3v) is 6.38. The number of rotatable bonds is 7. The zero-order valence-electron chi connectivity index (χ0n) is 17.6. The molecule has 0 saturated heterocycles. The summed E-state index contributed by atoms with van der Waals surface area (Å²) in [6, 6.07) is 15.4. The lowest BCUT2D eigenvalue weighted by Crippen LogP contribution is -2.41. The molecule has 7 nitrogen and oxygen atoms in total. The van der Waals surface area contributed by atoms with E-state index in [4.69, 9.17) is 9.84 Å². The summed E-state index contributed by atoms with van der Waals surface area (Å²) in [5.74, 6) is -1.48. The Labute approximate surface area is 181 Å². The first-order valence-corrected chi connectivity index (χ1v) is 10.5. The summed E-state index contributed by atoms with van der Waals surface area (Å²) in [5.41, 5.74) is 4.65. The number of nitrogens with zero attached hydrogens (tertiary/aromatic N) is 1. The molecular formula is C24H26N2O5. The predicted octanol–water partition coefficient (Wildman–Crippen LogP) is 3.09. The van der Waals surface area contributed by atoms with E-state index in [2.05, 4.69) is 29.6 Å². The monoisotopic (exact) mass is 422 g/mol. The summed E-state index contributed by atoms with van der Waals surface area (Å²) in [6.45, 7) is 2.06. The van der Waals surface area contributed by atoms with E-state index >= 15 is 0 Å². The number of ether oxygens (including phenoxy) is 1. The molecule has 3 atom stereocenters. The van der Waals surface area contributed by atoms with Gasteiger partial charge in [-0.15, -0.1) is 0 Å². The maximum absolute atomic E-state index is 12.4. The number of carbonyl (C=O) groups is 3.